The van der Waals surface area contributed by atoms with Gasteiger partial charge in [0.05, 0.1) is 17.0 Å². The zero-order valence-corrected chi connectivity index (χ0v) is 15.5. The third-order valence-corrected chi connectivity index (χ3v) is 5.42. The molecule has 1 aliphatic rings. The molecule has 10 heteroatoms. The number of benzene rings is 2. The van der Waals surface area contributed by atoms with Crippen molar-refractivity contribution in [3.8, 4) is 5.75 Å². The van der Waals surface area contributed by atoms with Gasteiger partial charge in [0.15, 0.2) is 17.7 Å². The molecular weight excluding hydrogens is 394 g/mol. The molecule has 1 aliphatic heterocycles. The van der Waals surface area contributed by atoms with Gasteiger partial charge < -0.3 is 10.1 Å². The molecule has 0 spiro atoms. The van der Waals surface area contributed by atoms with Crippen LogP contribution in [0.25, 0.3) is 0 Å². The molecule has 2 amide bonds. The van der Waals surface area contributed by atoms with Crippen LogP contribution < -0.4 is 14.8 Å². The van der Waals surface area contributed by atoms with Crippen LogP contribution in [-0.2, 0) is 26.0 Å². The first-order valence-electron chi connectivity index (χ1n) is 8.30. The van der Waals surface area contributed by atoms with Crippen LogP contribution in [0.2, 0.25) is 0 Å². The molecule has 7 nitrogen and oxygen atoms in total. The van der Waals surface area contributed by atoms with E-state index >= 15 is 0 Å². The van der Waals surface area contributed by atoms with E-state index in [0.717, 1.165) is 12.1 Å². The highest BCUT2D eigenvalue weighted by Gasteiger charge is 2.28. The van der Waals surface area contributed by atoms with E-state index in [-0.39, 0.29) is 16.1 Å². The number of rotatable bonds is 5. The molecule has 0 aliphatic carbocycles. The van der Waals surface area contributed by atoms with Crippen LogP contribution in [0.4, 0.5) is 14.5 Å². The second-order valence-corrected chi connectivity index (χ2v) is 7.80. The Balaban J connectivity index is 1.76. The monoisotopic (exact) mass is 410 g/mol. The van der Waals surface area contributed by atoms with Crippen molar-refractivity contribution in [1.82, 2.24) is 4.72 Å². The number of nitrogens with one attached hydrogen (secondary N) is 2. The molecule has 0 bridgehead atoms. The number of fused-ring (bicyclic) bond motifs is 1. The molecule has 28 heavy (non-hydrogen) atoms. The minimum atomic E-state index is -4.24. The molecule has 0 unspecified atom stereocenters. The highest BCUT2D eigenvalue weighted by Crippen LogP contribution is 2.32. The summed E-state index contributed by atoms with van der Waals surface area (Å²) in [5, 5.41) is 2.56. The lowest BCUT2D eigenvalue weighted by Gasteiger charge is -2.25. The van der Waals surface area contributed by atoms with E-state index in [1.807, 2.05) is 4.72 Å². The average molecular weight is 410 g/mol. The maximum atomic E-state index is 13.2. The first kappa shape index (κ1) is 19.7. The van der Waals surface area contributed by atoms with Gasteiger partial charge in [0.1, 0.15) is 5.75 Å². The van der Waals surface area contributed by atoms with E-state index in [1.54, 1.807) is 6.92 Å². The third kappa shape index (κ3) is 4.11. The summed E-state index contributed by atoms with van der Waals surface area (Å²) in [6.07, 6.45) is -0.670. The molecule has 148 valence electrons. The molecule has 0 aromatic heterocycles. The first-order valence-corrected chi connectivity index (χ1v) is 9.79. The number of ether oxygens (including phenoxy) is 1. The Morgan fingerprint density at radius 1 is 1.18 bits per heavy atom. The third-order valence-electron chi connectivity index (χ3n) is 4.05. The highest BCUT2D eigenvalue weighted by atomic mass is 32.2. The number of carbonyl (C=O) groups excluding carboxylic acids is 2. The summed E-state index contributed by atoms with van der Waals surface area (Å²) in [4.78, 5) is 23.6. The molecule has 0 saturated heterocycles. The van der Waals surface area contributed by atoms with Crippen LogP contribution in [-0.4, -0.2) is 26.3 Å². The van der Waals surface area contributed by atoms with Gasteiger partial charge in [-0.1, -0.05) is 13.0 Å². The Labute approximate surface area is 159 Å². The molecule has 1 heterocycles. The molecule has 3 rings (SSSR count). The minimum absolute atomic E-state index is 0.114. The summed E-state index contributed by atoms with van der Waals surface area (Å²) >= 11 is 0. The highest BCUT2D eigenvalue weighted by molar-refractivity contribution is 7.90. The quantitative estimate of drug-likeness (QED) is 0.786. The fourth-order valence-electron chi connectivity index (χ4n) is 2.65. The van der Waals surface area contributed by atoms with E-state index < -0.39 is 46.0 Å². The van der Waals surface area contributed by atoms with Gasteiger partial charge in [0, 0.05) is 0 Å². The van der Waals surface area contributed by atoms with Gasteiger partial charge >= 0.3 is 0 Å². The van der Waals surface area contributed by atoms with Gasteiger partial charge in [-0.2, -0.15) is 0 Å². The molecule has 0 saturated carbocycles. The van der Waals surface area contributed by atoms with Crippen LogP contribution in [0.5, 0.6) is 5.75 Å². The van der Waals surface area contributed by atoms with Crippen LogP contribution in [0, 0.1) is 11.6 Å². The molecular formula is C18H16F2N2O5S. The Morgan fingerprint density at radius 2 is 1.93 bits per heavy atom. The average Bonchev–Trinajstić information content (AvgIpc) is 2.63. The zero-order chi connectivity index (χ0) is 20.5. The second kappa shape index (κ2) is 7.55. The van der Waals surface area contributed by atoms with Crippen molar-refractivity contribution >= 4 is 27.5 Å². The number of carbonyl (C=O) groups is 2. The SMILES string of the molecule is CC[C@H]1Oc2ccc(S(=O)(=O)NC(=O)Cc3ccc(F)c(F)c3)cc2NC1=O. The molecule has 1 atom stereocenters. The van der Waals surface area contributed by atoms with Crippen LogP contribution in [0.3, 0.4) is 0 Å². The Morgan fingerprint density at radius 3 is 2.61 bits per heavy atom. The molecule has 2 aromatic rings. The molecule has 0 radical (unpaired) electrons. The van der Waals surface area contributed by atoms with Crippen LogP contribution in [0.15, 0.2) is 41.3 Å². The van der Waals surface area contributed by atoms with E-state index in [1.165, 1.54) is 24.3 Å². The summed E-state index contributed by atoms with van der Waals surface area (Å²) in [6, 6.07) is 6.63. The maximum Gasteiger partial charge on any atom is 0.265 e. The normalized spacial score (nSPS) is 16.0. The second-order valence-electron chi connectivity index (χ2n) is 6.12. The summed E-state index contributed by atoms with van der Waals surface area (Å²) in [6.45, 7) is 1.77. The lowest BCUT2D eigenvalue weighted by atomic mass is 10.1. The minimum Gasteiger partial charge on any atom is -0.478 e. The van der Waals surface area contributed by atoms with E-state index in [4.69, 9.17) is 4.74 Å². The summed E-state index contributed by atoms with van der Waals surface area (Å²) in [5.41, 5.74) is 0.286. The standard InChI is InChI=1S/C18H16F2N2O5S/c1-2-15-18(24)21-14-9-11(4-6-16(14)27-15)28(25,26)22-17(23)8-10-3-5-12(19)13(20)7-10/h3-7,9,15H,2,8H2,1H3,(H,21,24)(H,22,23)/t15-/m1/s1. The largest absolute Gasteiger partial charge is 0.478 e. The van der Waals surface area contributed by atoms with Gasteiger partial charge in [0.2, 0.25) is 5.91 Å². The molecule has 0 fully saturated rings. The first-order chi connectivity index (χ1) is 13.2. The number of hydrogen-bond donors (Lipinski definition) is 2. The summed E-state index contributed by atoms with van der Waals surface area (Å²) < 4.78 is 58.3. The van der Waals surface area contributed by atoms with Crippen LogP contribution >= 0.6 is 0 Å². The lowest BCUT2D eigenvalue weighted by Crippen LogP contribution is -2.36. The predicted octanol–water partition coefficient (Wildman–Crippen LogP) is 2.12. The number of sulfonamides is 1. The number of anilines is 1. The van der Waals surface area contributed by atoms with Gasteiger partial charge in [-0.25, -0.2) is 21.9 Å². The van der Waals surface area contributed by atoms with E-state index in [2.05, 4.69) is 5.32 Å². The van der Waals surface area contributed by atoms with Crippen molar-refractivity contribution in [2.45, 2.75) is 30.8 Å². The summed E-state index contributed by atoms with van der Waals surface area (Å²) in [5.74, 6) is -3.20. The van der Waals surface area contributed by atoms with E-state index in [0.29, 0.717) is 12.2 Å². The van der Waals surface area contributed by atoms with Crippen LogP contribution in [0.1, 0.15) is 18.9 Å². The van der Waals surface area contributed by atoms with Crippen molar-refractivity contribution in [2.75, 3.05) is 5.32 Å². The predicted molar refractivity (Wildman–Crippen MR) is 95.2 cm³/mol. The van der Waals surface area contributed by atoms with Gasteiger partial charge in [-0.3, -0.25) is 9.59 Å². The number of halogens is 2. The van der Waals surface area contributed by atoms with Crippen molar-refractivity contribution in [2.24, 2.45) is 0 Å². The van der Waals surface area contributed by atoms with Gasteiger partial charge in [-0.15, -0.1) is 0 Å². The molecule has 2 N–H and O–H groups in total. The van der Waals surface area contributed by atoms with Crippen molar-refractivity contribution < 1.29 is 31.5 Å². The topological polar surface area (TPSA) is 102 Å². The zero-order valence-electron chi connectivity index (χ0n) is 14.7. The maximum absolute atomic E-state index is 13.2. The van der Waals surface area contributed by atoms with Crippen molar-refractivity contribution in [1.29, 1.82) is 0 Å². The van der Waals surface area contributed by atoms with Gasteiger partial charge in [-0.05, 0) is 42.3 Å². The fraction of sp³-hybridized carbons (Fsp3) is 0.222. The number of hydrogen-bond acceptors (Lipinski definition) is 5. The van der Waals surface area contributed by atoms with Gasteiger partial charge in [0.25, 0.3) is 15.9 Å². The Bertz CT molecular complexity index is 1060. The number of amides is 2. The lowest BCUT2D eigenvalue weighted by molar-refractivity contribution is -0.123. The Hall–Kier alpha value is -3.01. The van der Waals surface area contributed by atoms with E-state index in [9.17, 15) is 26.8 Å². The Kier molecular flexibility index (Phi) is 5.32. The van der Waals surface area contributed by atoms with Crippen molar-refractivity contribution in [3.63, 3.8) is 0 Å². The fourth-order valence-corrected chi connectivity index (χ4v) is 3.66. The molecule has 2 aromatic carbocycles. The summed E-state index contributed by atoms with van der Waals surface area (Å²) in [7, 11) is -4.24. The van der Waals surface area contributed by atoms with Crippen molar-refractivity contribution in [3.05, 3.63) is 53.6 Å². The smallest absolute Gasteiger partial charge is 0.265 e.